The number of hydrogen-bond acceptors (Lipinski definition) is 5. The van der Waals surface area contributed by atoms with E-state index in [0.29, 0.717) is 12.4 Å². The summed E-state index contributed by atoms with van der Waals surface area (Å²) in [5, 5.41) is 8.58. The normalized spacial score (nSPS) is 13.6. The molecule has 2 N–H and O–H groups in total. The zero-order chi connectivity index (χ0) is 16.1. The summed E-state index contributed by atoms with van der Waals surface area (Å²) < 4.78 is 10.7. The summed E-state index contributed by atoms with van der Waals surface area (Å²) in [6.07, 6.45) is 0. The molecule has 0 aliphatic heterocycles. The molecule has 0 aromatic carbocycles. The number of amides is 2. The molecule has 6 nitrogen and oxygen atoms in total. The molecule has 2 atom stereocenters. The van der Waals surface area contributed by atoms with Gasteiger partial charge in [0.05, 0.1) is 12.6 Å². The molecule has 2 aromatic rings. The number of carbonyl (C=O) groups excluding carboxylic acids is 1. The Bertz CT molecular complexity index is 623. The first-order chi connectivity index (χ1) is 10.5. The smallest absolute Gasteiger partial charge is 0.316 e. The van der Waals surface area contributed by atoms with Gasteiger partial charge in [-0.05, 0) is 32.9 Å². The highest BCUT2D eigenvalue weighted by Crippen LogP contribution is 2.19. The van der Waals surface area contributed by atoms with Crippen molar-refractivity contribution < 1.29 is 13.9 Å². The van der Waals surface area contributed by atoms with E-state index in [1.54, 1.807) is 7.11 Å². The first-order valence-corrected chi connectivity index (χ1v) is 7.92. The number of rotatable bonds is 6. The van der Waals surface area contributed by atoms with Crippen molar-refractivity contribution in [3.05, 3.63) is 39.7 Å². The van der Waals surface area contributed by atoms with Gasteiger partial charge in [-0.25, -0.2) is 9.78 Å². The van der Waals surface area contributed by atoms with E-state index in [4.69, 9.17) is 9.15 Å². The van der Waals surface area contributed by atoms with Crippen LogP contribution < -0.4 is 10.6 Å². The largest absolute Gasteiger partial charge is 0.464 e. The van der Waals surface area contributed by atoms with Gasteiger partial charge in [-0.15, -0.1) is 11.3 Å². The Labute approximate surface area is 133 Å². The molecule has 2 rings (SSSR count). The second-order valence-electron chi connectivity index (χ2n) is 5.12. The number of carbonyl (C=O) groups is 1. The van der Waals surface area contributed by atoms with E-state index in [0.717, 1.165) is 16.5 Å². The minimum Gasteiger partial charge on any atom is -0.464 e. The number of aryl methyl sites for hydroxylation is 2. The van der Waals surface area contributed by atoms with Crippen LogP contribution in [-0.2, 0) is 4.74 Å². The molecule has 0 aliphatic rings. The number of furan rings is 1. The summed E-state index contributed by atoms with van der Waals surface area (Å²) in [6.45, 7) is 6.03. The second kappa shape index (κ2) is 7.42. The summed E-state index contributed by atoms with van der Waals surface area (Å²) in [4.78, 5) is 16.5. The molecule has 0 saturated carbocycles. The number of thiazole rings is 1. The Morgan fingerprint density at radius 3 is 2.73 bits per heavy atom. The maximum atomic E-state index is 12.2. The minimum absolute atomic E-state index is 0.153. The van der Waals surface area contributed by atoms with Crippen LogP contribution in [0.5, 0.6) is 0 Å². The van der Waals surface area contributed by atoms with E-state index >= 15 is 0 Å². The summed E-state index contributed by atoms with van der Waals surface area (Å²) in [7, 11) is 1.59. The van der Waals surface area contributed by atoms with Gasteiger partial charge in [0.2, 0.25) is 0 Å². The lowest BCUT2D eigenvalue weighted by Crippen LogP contribution is -2.40. The van der Waals surface area contributed by atoms with Gasteiger partial charge in [0, 0.05) is 18.2 Å². The van der Waals surface area contributed by atoms with E-state index in [-0.39, 0.29) is 18.1 Å². The van der Waals surface area contributed by atoms with E-state index in [1.807, 2.05) is 38.3 Å². The highest BCUT2D eigenvalue weighted by molar-refractivity contribution is 7.09. The van der Waals surface area contributed by atoms with E-state index in [9.17, 15) is 4.79 Å². The maximum absolute atomic E-state index is 12.2. The van der Waals surface area contributed by atoms with Crippen LogP contribution in [0, 0.1) is 13.8 Å². The van der Waals surface area contributed by atoms with Gasteiger partial charge >= 0.3 is 6.03 Å². The Kier molecular flexibility index (Phi) is 5.57. The minimum atomic E-state index is -0.330. The van der Waals surface area contributed by atoms with E-state index in [1.165, 1.54) is 11.3 Å². The predicted molar refractivity (Wildman–Crippen MR) is 85.0 cm³/mol. The van der Waals surface area contributed by atoms with Gasteiger partial charge in [-0.2, -0.15) is 0 Å². The fourth-order valence-corrected chi connectivity index (χ4v) is 2.84. The molecule has 0 saturated heterocycles. The molecular weight excluding hydrogens is 302 g/mol. The molecule has 2 amide bonds. The highest BCUT2D eigenvalue weighted by atomic mass is 32.1. The number of ether oxygens (including phenoxy) is 1. The van der Waals surface area contributed by atoms with Gasteiger partial charge in [-0.3, -0.25) is 0 Å². The van der Waals surface area contributed by atoms with Crippen LogP contribution in [0.1, 0.15) is 41.2 Å². The first-order valence-electron chi connectivity index (χ1n) is 7.04. The quantitative estimate of drug-likeness (QED) is 0.856. The lowest BCUT2D eigenvalue weighted by Gasteiger charge is -2.18. The summed E-state index contributed by atoms with van der Waals surface area (Å²) >= 11 is 1.53. The van der Waals surface area contributed by atoms with Gasteiger partial charge in [0.15, 0.2) is 0 Å². The van der Waals surface area contributed by atoms with Crippen molar-refractivity contribution in [3.63, 3.8) is 0 Å². The molecule has 0 fully saturated rings. The van der Waals surface area contributed by atoms with Crippen molar-refractivity contribution in [3.8, 4) is 0 Å². The summed E-state index contributed by atoms with van der Waals surface area (Å²) in [6, 6.07) is 2.94. The number of nitrogens with zero attached hydrogens (tertiary/aromatic N) is 1. The molecule has 0 bridgehead atoms. The van der Waals surface area contributed by atoms with Crippen LogP contribution in [0.2, 0.25) is 0 Å². The predicted octanol–water partition coefficient (Wildman–Crippen LogP) is 3.10. The molecule has 0 radical (unpaired) electrons. The topological polar surface area (TPSA) is 76.4 Å². The summed E-state index contributed by atoms with van der Waals surface area (Å²) in [5.41, 5.74) is 0.956. The monoisotopic (exact) mass is 323 g/mol. The second-order valence-corrected chi connectivity index (χ2v) is 6.01. The number of methoxy groups -OCH3 is 1. The summed E-state index contributed by atoms with van der Waals surface area (Å²) in [5.74, 6) is 1.47. The first kappa shape index (κ1) is 16.5. The van der Waals surface area contributed by atoms with Crippen LogP contribution in [-0.4, -0.2) is 24.7 Å². The van der Waals surface area contributed by atoms with Crippen LogP contribution >= 0.6 is 11.3 Å². The molecule has 120 valence electrons. The Morgan fingerprint density at radius 2 is 2.18 bits per heavy atom. The Morgan fingerprint density at radius 1 is 1.41 bits per heavy atom. The van der Waals surface area contributed by atoms with Crippen molar-refractivity contribution in [1.82, 2.24) is 15.6 Å². The van der Waals surface area contributed by atoms with Crippen molar-refractivity contribution in [1.29, 1.82) is 0 Å². The molecule has 7 heteroatoms. The lowest BCUT2D eigenvalue weighted by atomic mass is 10.2. The maximum Gasteiger partial charge on any atom is 0.316 e. The number of hydrogen-bond donors (Lipinski definition) is 2. The molecule has 22 heavy (non-hydrogen) atoms. The van der Waals surface area contributed by atoms with Crippen LogP contribution in [0.4, 0.5) is 4.79 Å². The van der Waals surface area contributed by atoms with Crippen LogP contribution in [0.15, 0.2) is 21.9 Å². The van der Waals surface area contributed by atoms with Crippen molar-refractivity contribution >= 4 is 17.4 Å². The van der Waals surface area contributed by atoms with Gasteiger partial charge in [-0.1, -0.05) is 0 Å². The average molecular weight is 323 g/mol. The van der Waals surface area contributed by atoms with E-state index in [2.05, 4.69) is 15.6 Å². The number of aromatic nitrogens is 1. The van der Waals surface area contributed by atoms with Crippen molar-refractivity contribution in [2.24, 2.45) is 0 Å². The number of urea groups is 1. The molecule has 2 heterocycles. The van der Waals surface area contributed by atoms with Gasteiger partial charge in [0.1, 0.15) is 22.6 Å². The highest BCUT2D eigenvalue weighted by Gasteiger charge is 2.19. The Balaban J connectivity index is 1.96. The van der Waals surface area contributed by atoms with Gasteiger partial charge < -0.3 is 19.8 Å². The molecule has 0 unspecified atom stereocenters. The lowest BCUT2D eigenvalue weighted by molar-refractivity contribution is 0.156. The number of nitrogens with one attached hydrogen (secondary N) is 2. The standard InChI is InChI=1S/C15H21N3O3S/c1-9-8-22-14(16-9)11(3)17-15(19)18-12(7-20-4)13-6-5-10(2)21-13/h5-6,8,11-12H,7H2,1-4H3,(H2,17,18,19)/t11-,12-/m1/s1. The fourth-order valence-electron chi connectivity index (χ4n) is 2.03. The van der Waals surface area contributed by atoms with Crippen LogP contribution in [0.25, 0.3) is 0 Å². The molecular formula is C15H21N3O3S. The fraction of sp³-hybridized carbons (Fsp3) is 0.467. The average Bonchev–Trinajstić information content (AvgIpc) is 3.07. The zero-order valence-electron chi connectivity index (χ0n) is 13.2. The third kappa shape index (κ3) is 4.32. The van der Waals surface area contributed by atoms with Gasteiger partial charge in [0.25, 0.3) is 0 Å². The van der Waals surface area contributed by atoms with Crippen LogP contribution in [0.3, 0.4) is 0 Å². The van der Waals surface area contributed by atoms with E-state index < -0.39 is 0 Å². The zero-order valence-corrected chi connectivity index (χ0v) is 14.0. The molecule has 2 aromatic heterocycles. The Hall–Kier alpha value is -1.86. The SMILES string of the molecule is COC[C@@H](NC(=O)N[C@H](C)c1nc(C)cs1)c1ccc(C)o1. The molecule has 0 aliphatic carbocycles. The van der Waals surface area contributed by atoms with Crippen molar-refractivity contribution in [2.75, 3.05) is 13.7 Å². The molecule has 0 spiro atoms. The third-order valence-electron chi connectivity index (χ3n) is 3.10. The third-order valence-corrected chi connectivity index (χ3v) is 4.24. The van der Waals surface area contributed by atoms with Crippen molar-refractivity contribution in [2.45, 2.75) is 32.9 Å².